The molecule has 0 spiro atoms. The molecule has 0 fully saturated rings. The van der Waals surface area contributed by atoms with Crippen molar-refractivity contribution in [3.8, 4) is 11.1 Å². The van der Waals surface area contributed by atoms with Crippen molar-refractivity contribution in [3.05, 3.63) is 64.7 Å². The van der Waals surface area contributed by atoms with Crippen LogP contribution in [0.5, 0.6) is 0 Å². The molecule has 2 rings (SSSR count). The van der Waals surface area contributed by atoms with Crippen LogP contribution >= 0.6 is 11.6 Å². The molecular formula is C20H21ClO3. The molecule has 0 aliphatic heterocycles. The van der Waals surface area contributed by atoms with Crippen molar-refractivity contribution in [2.24, 2.45) is 0 Å². The Bertz CT molecular complexity index is 758. The van der Waals surface area contributed by atoms with Crippen LogP contribution in [0.3, 0.4) is 0 Å². The normalized spacial score (nSPS) is 11.7. The minimum absolute atomic E-state index is 0.0417. The van der Waals surface area contributed by atoms with Gasteiger partial charge in [-0.2, -0.15) is 0 Å². The lowest BCUT2D eigenvalue weighted by molar-refractivity contribution is 0.00696. The first-order valence-corrected chi connectivity index (χ1v) is 8.09. The van der Waals surface area contributed by atoms with Gasteiger partial charge in [-0.1, -0.05) is 42.0 Å². The molecule has 0 saturated heterocycles. The van der Waals surface area contributed by atoms with Gasteiger partial charge in [-0.3, -0.25) is 0 Å². The van der Waals surface area contributed by atoms with E-state index in [9.17, 15) is 4.79 Å². The Labute approximate surface area is 147 Å². The Morgan fingerprint density at radius 2 is 1.96 bits per heavy atom. The Morgan fingerprint density at radius 1 is 1.21 bits per heavy atom. The number of carbonyl (C=O) groups excluding carboxylic acids is 1. The summed E-state index contributed by atoms with van der Waals surface area (Å²) in [6, 6.07) is 12.8. The van der Waals surface area contributed by atoms with Crippen molar-refractivity contribution in [2.45, 2.75) is 26.4 Å². The summed E-state index contributed by atoms with van der Waals surface area (Å²) in [5.74, 6) is -0.362. The third-order valence-electron chi connectivity index (χ3n) is 3.23. The highest BCUT2D eigenvalue weighted by atomic mass is 35.5. The third-order valence-corrected chi connectivity index (χ3v) is 3.46. The molecule has 0 unspecified atom stereocenters. The maximum atomic E-state index is 12.3. The summed E-state index contributed by atoms with van der Waals surface area (Å²) in [7, 11) is 0. The number of hydrogen-bond acceptors (Lipinski definition) is 3. The van der Waals surface area contributed by atoms with Gasteiger partial charge in [0.25, 0.3) is 0 Å². The SMILES string of the molecule is CC(C)(C)OC(=O)c1cccc(-c2cc(Cl)ccc2/C=C/CO)c1. The average Bonchev–Trinajstić information content (AvgIpc) is 2.52. The fourth-order valence-corrected chi connectivity index (χ4v) is 2.43. The molecule has 0 aromatic heterocycles. The second-order valence-corrected chi connectivity index (χ2v) is 6.84. The zero-order valence-electron chi connectivity index (χ0n) is 14.0. The summed E-state index contributed by atoms with van der Waals surface area (Å²) in [6.07, 6.45) is 3.48. The van der Waals surface area contributed by atoms with Gasteiger partial charge in [0.05, 0.1) is 12.2 Å². The monoisotopic (exact) mass is 344 g/mol. The highest BCUT2D eigenvalue weighted by molar-refractivity contribution is 6.31. The molecule has 0 saturated carbocycles. The van der Waals surface area contributed by atoms with Crippen LogP contribution in [0, 0.1) is 0 Å². The van der Waals surface area contributed by atoms with Crippen LogP contribution in [0.25, 0.3) is 17.2 Å². The van der Waals surface area contributed by atoms with E-state index in [0.29, 0.717) is 10.6 Å². The number of benzene rings is 2. The quantitative estimate of drug-likeness (QED) is 0.797. The lowest BCUT2D eigenvalue weighted by Gasteiger charge is -2.19. The standard InChI is InChI=1S/C20H21ClO3/c1-20(2,3)24-19(23)16-7-4-6-15(12-16)18-13-17(21)10-9-14(18)8-5-11-22/h4-10,12-13,22H,11H2,1-3H3/b8-5+. The number of halogens is 1. The molecule has 0 aliphatic carbocycles. The van der Waals surface area contributed by atoms with Gasteiger partial charge in [-0.05, 0) is 61.7 Å². The molecule has 0 aliphatic rings. The van der Waals surface area contributed by atoms with E-state index >= 15 is 0 Å². The molecular weight excluding hydrogens is 324 g/mol. The third kappa shape index (κ3) is 4.95. The fraction of sp³-hybridized carbons (Fsp3) is 0.250. The van der Waals surface area contributed by atoms with E-state index in [2.05, 4.69) is 0 Å². The molecule has 1 N–H and O–H groups in total. The number of ether oxygens (including phenoxy) is 1. The van der Waals surface area contributed by atoms with Gasteiger partial charge in [0.1, 0.15) is 5.60 Å². The van der Waals surface area contributed by atoms with E-state index in [1.807, 2.05) is 51.1 Å². The summed E-state index contributed by atoms with van der Waals surface area (Å²) >= 11 is 6.13. The van der Waals surface area contributed by atoms with Gasteiger partial charge < -0.3 is 9.84 Å². The van der Waals surface area contributed by atoms with Crippen LogP contribution in [0.2, 0.25) is 5.02 Å². The van der Waals surface area contributed by atoms with Gasteiger partial charge >= 0.3 is 5.97 Å². The summed E-state index contributed by atoms with van der Waals surface area (Å²) in [4.78, 5) is 12.3. The Morgan fingerprint density at radius 3 is 2.62 bits per heavy atom. The van der Waals surface area contributed by atoms with Crippen molar-refractivity contribution in [1.82, 2.24) is 0 Å². The molecule has 24 heavy (non-hydrogen) atoms. The predicted molar refractivity (Wildman–Crippen MR) is 98.2 cm³/mol. The fourth-order valence-electron chi connectivity index (χ4n) is 2.25. The number of aliphatic hydroxyl groups is 1. The topological polar surface area (TPSA) is 46.5 Å². The second-order valence-electron chi connectivity index (χ2n) is 6.40. The molecule has 0 atom stereocenters. The van der Waals surface area contributed by atoms with Crippen LogP contribution in [0.15, 0.2) is 48.5 Å². The van der Waals surface area contributed by atoms with Crippen LogP contribution in [-0.2, 0) is 4.74 Å². The summed E-state index contributed by atoms with van der Waals surface area (Å²) in [6.45, 7) is 5.47. The highest BCUT2D eigenvalue weighted by Crippen LogP contribution is 2.29. The molecule has 4 heteroatoms. The van der Waals surface area contributed by atoms with Crippen molar-refractivity contribution in [2.75, 3.05) is 6.61 Å². The second kappa shape index (κ2) is 7.65. The van der Waals surface area contributed by atoms with Crippen molar-refractivity contribution < 1.29 is 14.6 Å². The number of rotatable bonds is 4. The van der Waals surface area contributed by atoms with Gasteiger partial charge in [0, 0.05) is 5.02 Å². The average molecular weight is 345 g/mol. The zero-order chi connectivity index (χ0) is 17.7. The van der Waals surface area contributed by atoms with Crippen molar-refractivity contribution >= 4 is 23.6 Å². The van der Waals surface area contributed by atoms with E-state index in [1.165, 1.54) is 0 Å². The maximum Gasteiger partial charge on any atom is 0.338 e. The highest BCUT2D eigenvalue weighted by Gasteiger charge is 2.18. The van der Waals surface area contributed by atoms with Gasteiger partial charge in [0.2, 0.25) is 0 Å². The lowest BCUT2D eigenvalue weighted by Crippen LogP contribution is -2.23. The van der Waals surface area contributed by atoms with Crippen LogP contribution in [-0.4, -0.2) is 23.3 Å². The van der Waals surface area contributed by atoms with E-state index < -0.39 is 5.60 Å². The lowest BCUT2D eigenvalue weighted by atomic mass is 9.97. The smallest absolute Gasteiger partial charge is 0.338 e. The maximum absolute atomic E-state index is 12.3. The Hall–Kier alpha value is -2.10. The number of esters is 1. The molecule has 2 aromatic rings. The van der Waals surface area contributed by atoms with Crippen LogP contribution in [0.4, 0.5) is 0 Å². The van der Waals surface area contributed by atoms with Gasteiger partial charge in [-0.15, -0.1) is 0 Å². The molecule has 126 valence electrons. The van der Waals surface area contributed by atoms with Gasteiger partial charge in [-0.25, -0.2) is 4.79 Å². The van der Waals surface area contributed by atoms with E-state index in [1.54, 1.807) is 24.3 Å². The van der Waals surface area contributed by atoms with Gasteiger partial charge in [0.15, 0.2) is 0 Å². The Balaban J connectivity index is 2.43. The minimum atomic E-state index is -0.543. The first-order chi connectivity index (χ1) is 11.3. The predicted octanol–water partition coefficient (Wildman–Crippen LogP) is 4.97. The molecule has 0 bridgehead atoms. The zero-order valence-corrected chi connectivity index (χ0v) is 14.8. The van der Waals surface area contributed by atoms with E-state index in [4.69, 9.17) is 21.4 Å². The summed E-state index contributed by atoms with van der Waals surface area (Å²) < 4.78 is 5.42. The Kier molecular flexibility index (Phi) is 5.81. The van der Waals surface area contributed by atoms with E-state index in [-0.39, 0.29) is 12.6 Å². The first kappa shape index (κ1) is 18.2. The largest absolute Gasteiger partial charge is 0.456 e. The molecule has 0 radical (unpaired) electrons. The molecule has 3 nitrogen and oxygen atoms in total. The summed E-state index contributed by atoms with van der Waals surface area (Å²) in [5, 5.41) is 9.60. The number of carbonyl (C=O) groups is 1. The van der Waals surface area contributed by atoms with Crippen molar-refractivity contribution in [1.29, 1.82) is 0 Å². The van der Waals surface area contributed by atoms with Crippen molar-refractivity contribution in [3.63, 3.8) is 0 Å². The molecule has 0 amide bonds. The van der Waals surface area contributed by atoms with E-state index in [0.717, 1.165) is 16.7 Å². The number of hydrogen-bond donors (Lipinski definition) is 1. The molecule has 2 aromatic carbocycles. The number of aliphatic hydroxyl groups excluding tert-OH is 1. The summed E-state index contributed by atoms with van der Waals surface area (Å²) in [5.41, 5.74) is 2.60. The first-order valence-electron chi connectivity index (χ1n) is 7.71. The van der Waals surface area contributed by atoms with Crippen LogP contribution < -0.4 is 0 Å². The molecule has 0 heterocycles. The minimum Gasteiger partial charge on any atom is -0.456 e. The van der Waals surface area contributed by atoms with Crippen LogP contribution in [0.1, 0.15) is 36.7 Å².